The summed E-state index contributed by atoms with van der Waals surface area (Å²) in [6.07, 6.45) is 1.63. The van der Waals surface area contributed by atoms with Crippen molar-refractivity contribution in [3.63, 3.8) is 0 Å². The molecule has 3 N–H and O–H groups in total. The van der Waals surface area contributed by atoms with Crippen LogP contribution in [0.25, 0.3) is 6.08 Å². The van der Waals surface area contributed by atoms with Crippen molar-refractivity contribution in [2.45, 2.75) is 30.9 Å². The molecule has 0 spiro atoms. The summed E-state index contributed by atoms with van der Waals surface area (Å²) in [6, 6.07) is 29.3. The van der Waals surface area contributed by atoms with Crippen LogP contribution in [-0.2, 0) is 9.59 Å². The average molecular weight is 629 g/mol. The van der Waals surface area contributed by atoms with Gasteiger partial charge in [0, 0.05) is 26.3 Å². The summed E-state index contributed by atoms with van der Waals surface area (Å²) in [5.41, 5.74) is 4.75. The lowest BCUT2D eigenvalue weighted by Gasteiger charge is -2.15. The minimum Gasteiger partial charge on any atom is -0.325 e. The zero-order chi connectivity index (χ0) is 29.4. The normalized spacial score (nSPS) is 11.9. The highest BCUT2D eigenvalue weighted by Gasteiger charge is 2.17. The maximum atomic E-state index is 13.3. The molecule has 0 saturated carbocycles. The fourth-order valence-corrected chi connectivity index (χ4v) is 5.17. The fourth-order valence-electron chi connectivity index (χ4n) is 3.88. The Labute approximate surface area is 252 Å². The Morgan fingerprint density at radius 2 is 1.56 bits per heavy atom. The predicted molar refractivity (Wildman–Crippen MR) is 171 cm³/mol. The molecule has 0 saturated heterocycles. The molecule has 0 heterocycles. The van der Waals surface area contributed by atoms with Gasteiger partial charge in [-0.15, -0.1) is 11.8 Å². The molecule has 41 heavy (non-hydrogen) atoms. The molecule has 4 rings (SSSR count). The Morgan fingerprint density at radius 1 is 0.829 bits per heavy atom. The molecule has 1 atom stereocenters. The van der Waals surface area contributed by atoms with E-state index in [4.69, 9.17) is 0 Å². The summed E-state index contributed by atoms with van der Waals surface area (Å²) in [5, 5.41) is 8.28. The van der Waals surface area contributed by atoms with Gasteiger partial charge in [0.15, 0.2) is 0 Å². The molecular formula is C33H30BrN3O3S. The number of aryl methyl sites for hydroxylation is 2. The Bertz CT molecular complexity index is 1590. The monoisotopic (exact) mass is 627 g/mol. The summed E-state index contributed by atoms with van der Waals surface area (Å²) >= 11 is 4.87. The topological polar surface area (TPSA) is 87.3 Å². The van der Waals surface area contributed by atoms with Crippen LogP contribution >= 0.6 is 27.7 Å². The van der Waals surface area contributed by atoms with Gasteiger partial charge < -0.3 is 16.0 Å². The van der Waals surface area contributed by atoms with Crippen molar-refractivity contribution in [1.82, 2.24) is 5.32 Å². The largest absolute Gasteiger partial charge is 0.325 e. The van der Waals surface area contributed by atoms with Gasteiger partial charge in [-0.05, 0) is 98.1 Å². The van der Waals surface area contributed by atoms with E-state index in [1.54, 1.807) is 42.5 Å². The van der Waals surface area contributed by atoms with Crippen LogP contribution in [0.3, 0.4) is 0 Å². The minimum atomic E-state index is -0.462. The van der Waals surface area contributed by atoms with Crippen molar-refractivity contribution in [3.8, 4) is 0 Å². The smallest absolute Gasteiger partial charge is 0.272 e. The van der Waals surface area contributed by atoms with E-state index in [1.807, 2.05) is 81.4 Å². The number of benzene rings is 4. The third kappa shape index (κ3) is 8.67. The quantitative estimate of drug-likeness (QED) is 0.132. The van der Waals surface area contributed by atoms with Gasteiger partial charge in [0.25, 0.3) is 11.8 Å². The molecular weight excluding hydrogens is 598 g/mol. The van der Waals surface area contributed by atoms with Crippen LogP contribution < -0.4 is 16.0 Å². The third-order valence-corrected chi connectivity index (χ3v) is 7.74. The SMILES string of the molecule is Cc1ccc(C)c(NC(=O)C(C)Sc2ccc(NC(=O)/C(=C/c3cccc(Br)c3)NC(=O)c3ccccc3)cc2)c1. The Morgan fingerprint density at radius 3 is 2.27 bits per heavy atom. The van der Waals surface area contributed by atoms with Gasteiger partial charge in [0.2, 0.25) is 5.91 Å². The summed E-state index contributed by atoms with van der Waals surface area (Å²) < 4.78 is 0.852. The summed E-state index contributed by atoms with van der Waals surface area (Å²) in [6.45, 7) is 5.81. The van der Waals surface area contributed by atoms with Crippen LogP contribution in [0.2, 0.25) is 0 Å². The molecule has 0 aliphatic carbocycles. The standard InChI is InChI=1S/C33H30BrN3O3S/c1-21-12-13-22(2)29(18-21)36-31(38)23(3)41-28-16-14-27(15-17-28)35-33(40)30(20-24-8-7-11-26(34)19-24)37-32(39)25-9-5-4-6-10-25/h4-20,23H,1-3H3,(H,35,40)(H,36,38)(H,37,39)/b30-20-. The number of carbonyl (C=O) groups is 3. The van der Waals surface area contributed by atoms with Crippen LogP contribution in [0.15, 0.2) is 112 Å². The predicted octanol–water partition coefficient (Wildman–Crippen LogP) is 7.59. The van der Waals surface area contributed by atoms with E-state index < -0.39 is 5.91 Å². The lowest BCUT2D eigenvalue weighted by molar-refractivity contribution is -0.115. The maximum Gasteiger partial charge on any atom is 0.272 e. The first-order valence-corrected chi connectivity index (χ1v) is 14.6. The van der Waals surface area contributed by atoms with Crippen molar-refractivity contribution in [3.05, 3.63) is 129 Å². The van der Waals surface area contributed by atoms with E-state index in [2.05, 4.69) is 31.9 Å². The summed E-state index contributed by atoms with van der Waals surface area (Å²) in [5.74, 6) is -0.935. The molecule has 4 aromatic rings. The van der Waals surface area contributed by atoms with E-state index in [0.717, 1.165) is 31.7 Å². The van der Waals surface area contributed by atoms with Gasteiger partial charge in [0.05, 0.1) is 5.25 Å². The van der Waals surface area contributed by atoms with Crippen molar-refractivity contribution in [1.29, 1.82) is 0 Å². The van der Waals surface area contributed by atoms with Gasteiger partial charge in [-0.25, -0.2) is 0 Å². The number of halogens is 1. The summed E-state index contributed by atoms with van der Waals surface area (Å²) in [4.78, 5) is 39.8. The number of amides is 3. The van der Waals surface area contributed by atoms with E-state index in [-0.39, 0.29) is 22.8 Å². The van der Waals surface area contributed by atoms with E-state index in [9.17, 15) is 14.4 Å². The van der Waals surface area contributed by atoms with Gasteiger partial charge in [-0.2, -0.15) is 0 Å². The van der Waals surface area contributed by atoms with Crippen LogP contribution in [0.5, 0.6) is 0 Å². The molecule has 4 aromatic carbocycles. The highest BCUT2D eigenvalue weighted by molar-refractivity contribution is 9.10. The molecule has 0 bridgehead atoms. The highest BCUT2D eigenvalue weighted by atomic mass is 79.9. The Hall–Kier alpha value is -4.14. The molecule has 8 heteroatoms. The average Bonchev–Trinajstić information content (AvgIpc) is 2.96. The number of hydrogen-bond donors (Lipinski definition) is 3. The Balaban J connectivity index is 1.43. The molecule has 6 nitrogen and oxygen atoms in total. The third-order valence-electron chi connectivity index (χ3n) is 6.13. The molecule has 208 valence electrons. The maximum absolute atomic E-state index is 13.3. The first-order chi connectivity index (χ1) is 19.7. The first kappa shape index (κ1) is 29.8. The van der Waals surface area contributed by atoms with E-state index in [1.165, 1.54) is 11.8 Å². The van der Waals surface area contributed by atoms with Gasteiger partial charge in [-0.1, -0.05) is 58.4 Å². The molecule has 1 unspecified atom stereocenters. The van der Waals surface area contributed by atoms with Crippen molar-refractivity contribution < 1.29 is 14.4 Å². The Kier molecular flexibility index (Phi) is 10.2. The lowest BCUT2D eigenvalue weighted by atomic mass is 10.1. The molecule has 0 aliphatic heterocycles. The van der Waals surface area contributed by atoms with Crippen LogP contribution in [0.1, 0.15) is 34.0 Å². The van der Waals surface area contributed by atoms with Crippen LogP contribution in [0.4, 0.5) is 11.4 Å². The first-order valence-electron chi connectivity index (χ1n) is 13.0. The van der Waals surface area contributed by atoms with E-state index >= 15 is 0 Å². The molecule has 0 fully saturated rings. The second-order valence-corrected chi connectivity index (χ2v) is 11.8. The lowest BCUT2D eigenvalue weighted by Crippen LogP contribution is -2.30. The van der Waals surface area contributed by atoms with Crippen molar-refractivity contribution in [2.75, 3.05) is 10.6 Å². The molecule has 0 radical (unpaired) electrons. The second kappa shape index (κ2) is 14.0. The van der Waals surface area contributed by atoms with Gasteiger partial charge in [-0.3, -0.25) is 14.4 Å². The second-order valence-electron chi connectivity index (χ2n) is 9.48. The molecule has 3 amide bonds. The zero-order valence-corrected chi connectivity index (χ0v) is 25.3. The number of carbonyl (C=O) groups excluding carboxylic acids is 3. The molecule has 0 aliphatic rings. The zero-order valence-electron chi connectivity index (χ0n) is 22.9. The van der Waals surface area contributed by atoms with Crippen molar-refractivity contribution >= 4 is 62.9 Å². The fraction of sp³-hybridized carbons (Fsp3) is 0.121. The number of rotatable bonds is 9. The van der Waals surface area contributed by atoms with Crippen LogP contribution in [0, 0.1) is 13.8 Å². The van der Waals surface area contributed by atoms with Crippen LogP contribution in [-0.4, -0.2) is 23.0 Å². The van der Waals surface area contributed by atoms with Gasteiger partial charge in [0.1, 0.15) is 5.70 Å². The van der Waals surface area contributed by atoms with Gasteiger partial charge >= 0.3 is 0 Å². The summed E-state index contributed by atoms with van der Waals surface area (Å²) in [7, 11) is 0. The van der Waals surface area contributed by atoms with E-state index in [0.29, 0.717) is 11.3 Å². The molecule has 0 aromatic heterocycles. The highest BCUT2D eigenvalue weighted by Crippen LogP contribution is 2.27. The number of anilines is 2. The van der Waals surface area contributed by atoms with Crippen molar-refractivity contribution in [2.24, 2.45) is 0 Å². The minimum absolute atomic E-state index is 0.0856. The number of nitrogens with one attached hydrogen (secondary N) is 3. The number of thioether (sulfide) groups is 1. The number of hydrogen-bond acceptors (Lipinski definition) is 4.